The Balaban J connectivity index is 1.45. The van der Waals surface area contributed by atoms with Gasteiger partial charge in [-0.2, -0.15) is 0 Å². The van der Waals surface area contributed by atoms with E-state index in [0.717, 1.165) is 64.6 Å². The molecule has 1 heterocycles. The van der Waals surface area contributed by atoms with E-state index in [9.17, 15) is 9.90 Å². The lowest BCUT2D eigenvalue weighted by atomic mass is 9.48. The van der Waals surface area contributed by atoms with E-state index in [1.807, 2.05) is 0 Å². The van der Waals surface area contributed by atoms with Crippen molar-refractivity contribution in [1.29, 1.82) is 0 Å². The van der Waals surface area contributed by atoms with Crippen LogP contribution in [0.25, 0.3) is 0 Å². The SMILES string of the molecule is C[C@]12CC[C@H](O)CC1=CC[C@H]1[C@H]2CC[C@]2(C)C(=O)[C@]3(CCN(CCCl)C3)C[C@H]12. The van der Waals surface area contributed by atoms with Crippen LogP contribution in [0.1, 0.15) is 65.2 Å². The Morgan fingerprint density at radius 3 is 2.75 bits per heavy atom. The molecule has 5 rings (SSSR count). The zero-order chi connectivity index (χ0) is 19.7. The van der Waals surface area contributed by atoms with Crippen LogP contribution in [-0.4, -0.2) is 47.4 Å². The lowest BCUT2D eigenvalue weighted by Crippen LogP contribution is -2.50. The van der Waals surface area contributed by atoms with Crippen molar-refractivity contribution in [3.63, 3.8) is 0 Å². The van der Waals surface area contributed by atoms with Gasteiger partial charge in [0.2, 0.25) is 0 Å². The second kappa shape index (κ2) is 6.56. The van der Waals surface area contributed by atoms with Crippen LogP contribution in [0.5, 0.6) is 0 Å². The predicted molar refractivity (Wildman–Crippen MR) is 112 cm³/mol. The van der Waals surface area contributed by atoms with Crippen LogP contribution < -0.4 is 0 Å². The van der Waals surface area contributed by atoms with Crippen LogP contribution >= 0.6 is 11.6 Å². The molecule has 0 amide bonds. The lowest BCUT2D eigenvalue weighted by molar-refractivity contribution is -0.137. The summed E-state index contributed by atoms with van der Waals surface area (Å²) in [6.45, 7) is 7.66. The molecule has 0 aromatic heterocycles. The van der Waals surface area contributed by atoms with Gasteiger partial charge in [0.15, 0.2) is 0 Å². The van der Waals surface area contributed by atoms with E-state index in [4.69, 9.17) is 11.6 Å². The van der Waals surface area contributed by atoms with Gasteiger partial charge in [0.05, 0.1) is 6.10 Å². The molecule has 156 valence electrons. The number of ketones is 1. The van der Waals surface area contributed by atoms with Crippen molar-refractivity contribution in [1.82, 2.24) is 4.90 Å². The molecule has 3 nitrogen and oxygen atoms in total. The number of hydrogen-bond acceptors (Lipinski definition) is 3. The molecule has 1 N–H and O–H groups in total. The largest absolute Gasteiger partial charge is 0.393 e. The molecule has 4 fully saturated rings. The lowest BCUT2D eigenvalue weighted by Gasteiger charge is -2.56. The first-order valence-corrected chi connectivity index (χ1v) is 12.1. The fraction of sp³-hybridized carbons (Fsp3) is 0.875. The number of allylic oxidation sites excluding steroid dienone is 1. The fourth-order valence-electron chi connectivity index (χ4n) is 8.36. The Hall–Kier alpha value is -0.380. The van der Waals surface area contributed by atoms with Crippen molar-refractivity contribution in [2.24, 2.45) is 34.0 Å². The van der Waals surface area contributed by atoms with Crippen molar-refractivity contribution in [2.45, 2.75) is 71.3 Å². The first-order valence-electron chi connectivity index (χ1n) is 11.5. The average Bonchev–Trinajstić information content (AvgIpc) is 3.17. The van der Waals surface area contributed by atoms with Crippen LogP contribution in [0, 0.1) is 34.0 Å². The minimum atomic E-state index is -0.146. The molecule has 0 aromatic carbocycles. The molecular weight excluding hydrogens is 370 g/mol. The van der Waals surface area contributed by atoms with E-state index in [0.29, 0.717) is 29.4 Å². The normalized spacial score (nSPS) is 51.0. The van der Waals surface area contributed by atoms with Gasteiger partial charge in [-0.05, 0) is 81.1 Å². The highest BCUT2D eigenvalue weighted by Gasteiger charge is 2.66. The van der Waals surface area contributed by atoms with E-state index in [1.54, 1.807) is 0 Å². The molecule has 0 radical (unpaired) electrons. The number of aliphatic hydroxyl groups is 1. The number of carbonyl (C=O) groups is 1. The van der Waals surface area contributed by atoms with Gasteiger partial charge >= 0.3 is 0 Å². The van der Waals surface area contributed by atoms with E-state index >= 15 is 0 Å². The van der Waals surface area contributed by atoms with E-state index in [1.165, 1.54) is 12.0 Å². The maximum atomic E-state index is 13.8. The van der Waals surface area contributed by atoms with Gasteiger partial charge in [0, 0.05) is 29.8 Å². The van der Waals surface area contributed by atoms with Crippen molar-refractivity contribution < 1.29 is 9.90 Å². The third-order valence-corrected chi connectivity index (χ3v) is 10.1. The first kappa shape index (κ1) is 19.6. The Labute approximate surface area is 174 Å². The van der Waals surface area contributed by atoms with Gasteiger partial charge in [-0.25, -0.2) is 0 Å². The number of fused-ring (bicyclic) bond motifs is 5. The van der Waals surface area contributed by atoms with Gasteiger partial charge in [0.1, 0.15) is 5.78 Å². The number of likely N-dealkylation sites (tertiary alicyclic amines) is 1. The highest BCUT2D eigenvalue weighted by atomic mass is 35.5. The Morgan fingerprint density at radius 1 is 1.18 bits per heavy atom. The Morgan fingerprint density at radius 2 is 1.96 bits per heavy atom. The summed E-state index contributed by atoms with van der Waals surface area (Å²) in [5, 5.41) is 10.2. The van der Waals surface area contributed by atoms with Crippen molar-refractivity contribution in [2.75, 3.05) is 25.5 Å². The van der Waals surface area contributed by atoms with Crippen molar-refractivity contribution in [3.05, 3.63) is 11.6 Å². The molecule has 7 atom stereocenters. The van der Waals surface area contributed by atoms with Gasteiger partial charge in [0.25, 0.3) is 0 Å². The summed E-state index contributed by atoms with van der Waals surface area (Å²) in [7, 11) is 0. The Kier molecular flexibility index (Phi) is 4.58. The molecule has 0 unspecified atom stereocenters. The molecule has 4 aliphatic carbocycles. The number of halogens is 1. The quantitative estimate of drug-likeness (QED) is 0.546. The smallest absolute Gasteiger partial charge is 0.146 e. The summed E-state index contributed by atoms with van der Waals surface area (Å²) in [6, 6.07) is 0. The molecular formula is C24H36ClNO2. The number of rotatable bonds is 2. The van der Waals surface area contributed by atoms with Crippen LogP contribution in [0.2, 0.25) is 0 Å². The number of Topliss-reactive ketones (excluding diaryl/α,β-unsaturated/α-hetero) is 1. The van der Waals surface area contributed by atoms with E-state index in [-0.39, 0.29) is 22.3 Å². The maximum Gasteiger partial charge on any atom is 0.146 e. The zero-order valence-corrected chi connectivity index (χ0v) is 18.3. The minimum absolute atomic E-state index is 0.103. The standard InChI is InChI=1S/C24H36ClNO2/c1-22-7-5-17(27)13-16(22)3-4-18-19(22)6-8-23(2)20(18)14-24(21(23)28)9-11-26(15-24)12-10-25/h3,17-20,27H,4-15H2,1-2H3/t17-,18-,19+,20+,22-,23-,24+/m0/s1. The first-order chi connectivity index (χ1) is 13.3. The summed E-state index contributed by atoms with van der Waals surface area (Å²) in [4.78, 5) is 16.2. The Bertz CT molecular complexity index is 707. The van der Waals surface area contributed by atoms with Gasteiger partial charge in [-0.3, -0.25) is 4.79 Å². The topological polar surface area (TPSA) is 40.5 Å². The van der Waals surface area contributed by atoms with E-state index in [2.05, 4.69) is 24.8 Å². The summed E-state index contributed by atoms with van der Waals surface area (Å²) >= 11 is 5.99. The summed E-state index contributed by atoms with van der Waals surface area (Å²) in [5.41, 5.74) is 1.55. The molecule has 1 spiro atoms. The number of hydrogen-bond donors (Lipinski definition) is 1. The van der Waals surface area contributed by atoms with Crippen LogP contribution in [-0.2, 0) is 4.79 Å². The van der Waals surface area contributed by atoms with Crippen LogP contribution in [0.15, 0.2) is 11.6 Å². The van der Waals surface area contributed by atoms with Crippen LogP contribution in [0.4, 0.5) is 0 Å². The fourth-order valence-corrected chi connectivity index (χ4v) is 8.60. The summed E-state index contributed by atoms with van der Waals surface area (Å²) in [6.07, 6.45) is 10.8. The third-order valence-electron chi connectivity index (χ3n) is 9.91. The zero-order valence-electron chi connectivity index (χ0n) is 17.6. The number of nitrogens with zero attached hydrogens (tertiary/aromatic N) is 1. The third kappa shape index (κ3) is 2.58. The highest BCUT2D eigenvalue weighted by Crippen LogP contribution is 2.67. The summed E-state index contributed by atoms with van der Waals surface area (Å²) in [5.74, 6) is 3.12. The van der Waals surface area contributed by atoms with Gasteiger partial charge in [-0.1, -0.05) is 25.5 Å². The molecule has 28 heavy (non-hydrogen) atoms. The molecule has 0 aromatic rings. The predicted octanol–water partition coefficient (Wildman–Crippen LogP) is 4.42. The van der Waals surface area contributed by atoms with Crippen molar-refractivity contribution >= 4 is 17.4 Å². The summed E-state index contributed by atoms with van der Waals surface area (Å²) < 4.78 is 0. The minimum Gasteiger partial charge on any atom is -0.393 e. The highest BCUT2D eigenvalue weighted by molar-refractivity contribution is 6.18. The second-order valence-electron chi connectivity index (χ2n) is 11.1. The number of aliphatic hydroxyl groups excluding tert-OH is 1. The van der Waals surface area contributed by atoms with Crippen LogP contribution in [0.3, 0.4) is 0 Å². The number of carbonyl (C=O) groups excluding carboxylic acids is 1. The molecule has 3 saturated carbocycles. The second-order valence-corrected chi connectivity index (χ2v) is 11.5. The molecule has 5 aliphatic rings. The molecule has 1 aliphatic heterocycles. The van der Waals surface area contributed by atoms with Gasteiger partial charge in [-0.15, -0.1) is 11.6 Å². The van der Waals surface area contributed by atoms with E-state index < -0.39 is 0 Å². The maximum absolute atomic E-state index is 13.8. The van der Waals surface area contributed by atoms with Gasteiger partial charge < -0.3 is 10.0 Å². The average molecular weight is 406 g/mol. The molecule has 0 bridgehead atoms. The molecule has 1 saturated heterocycles. The molecule has 4 heteroatoms. The number of alkyl halides is 1. The monoisotopic (exact) mass is 405 g/mol. The van der Waals surface area contributed by atoms with Crippen molar-refractivity contribution in [3.8, 4) is 0 Å².